The molecule has 0 unspecified atom stereocenters. The number of fused-ring (bicyclic) bond motifs is 4. The molecule has 38 heavy (non-hydrogen) atoms. The Kier molecular flexibility index (Phi) is 5.85. The highest BCUT2D eigenvalue weighted by Crippen LogP contribution is 2.57. The maximum Gasteiger partial charge on any atom is 0.0167 e. The van der Waals surface area contributed by atoms with Gasteiger partial charge in [-0.05, 0) is 119 Å². The van der Waals surface area contributed by atoms with Crippen molar-refractivity contribution in [1.82, 2.24) is 0 Å². The molecule has 4 aliphatic carbocycles. The van der Waals surface area contributed by atoms with Gasteiger partial charge in [-0.1, -0.05) is 98.5 Å². The Morgan fingerprint density at radius 2 is 0.842 bits per heavy atom. The second-order valence-corrected chi connectivity index (χ2v) is 11.3. The van der Waals surface area contributed by atoms with E-state index in [0.717, 1.165) is 0 Å². The van der Waals surface area contributed by atoms with Crippen LogP contribution in [0, 0.1) is 61.2 Å². The SMILES string of the molecule is [CH]1[CH][C](c2ccc3ccccc3c2-c2c([C]3[CH][CH][C]4CCCC[C]43)ccc3ccccc23)[C]2CCCC[C]12. The van der Waals surface area contributed by atoms with Gasteiger partial charge in [-0.2, -0.15) is 0 Å². The quantitative estimate of drug-likeness (QED) is 0.269. The van der Waals surface area contributed by atoms with Crippen molar-refractivity contribution < 1.29 is 0 Å². The summed E-state index contributed by atoms with van der Waals surface area (Å²) < 4.78 is 0. The smallest absolute Gasteiger partial charge is 0.0167 e. The van der Waals surface area contributed by atoms with Gasteiger partial charge in [0.25, 0.3) is 0 Å². The van der Waals surface area contributed by atoms with Crippen LogP contribution in [0.15, 0.2) is 72.8 Å². The average molecular weight is 489 g/mol. The van der Waals surface area contributed by atoms with Crippen molar-refractivity contribution in [3.05, 3.63) is 145 Å². The Labute approximate surface area is 228 Å². The molecule has 10 radical (unpaired) electrons. The van der Waals surface area contributed by atoms with E-state index in [1.165, 1.54) is 107 Å². The summed E-state index contributed by atoms with van der Waals surface area (Å²) in [5.74, 6) is 9.19. The second-order valence-electron chi connectivity index (χ2n) is 11.3. The highest BCUT2D eigenvalue weighted by molar-refractivity contribution is 6.09. The van der Waals surface area contributed by atoms with E-state index in [0.29, 0.717) is 0 Å². The topological polar surface area (TPSA) is 0 Å². The molecule has 0 N–H and O–H groups in total. The van der Waals surface area contributed by atoms with Crippen molar-refractivity contribution in [2.24, 2.45) is 0 Å². The Bertz CT molecular complexity index is 1360. The molecular weight excluding hydrogens is 456 g/mol. The molecule has 4 saturated carbocycles. The van der Waals surface area contributed by atoms with Gasteiger partial charge < -0.3 is 0 Å². The lowest BCUT2D eigenvalue weighted by molar-refractivity contribution is 0.594. The van der Waals surface area contributed by atoms with Crippen LogP contribution in [-0.4, -0.2) is 0 Å². The number of hydrogen-bond donors (Lipinski definition) is 0. The molecule has 4 fully saturated rings. The van der Waals surface area contributed by atoms with Crippen molar-refractivity contribution >= 4 is 21.5 Å². The standard InChI is InChI=1S/C38H32/c1-5-13-29-25(9-1)17-21-33(29)35-23-19-27-11-3-7-15-31(27)37(35)38-32-16-8-4-12-28(32)20-24-36(38)34-22-18-26-10-2-6-14-30(26)34/h3-4,7-8,11-12,15-24H,1-2,5-6,9-10,13-14H2. The van der Waals surface area contributed by atoms with Crippen LogP contribution in [0.4, 0.5) is 0 Å². The first-order chi connectivity index (χ1) is 18.9. The lowest BCUT2D eigenvalue weighted by Gasteiger charge is -2.32. The Morgan fingerprint density at radius 3 is 1.34 bits per heavy atom. The van der Waals surface area contributed by atoms with Crippen LogP contribution < -0.4 is 0 Å². The normalized spacial score (nSPS) is 22.4. The van der Waals surface area contributed by atoms with Crippen LogP contribution in [0.1, 0.15) is 62.5 Å². The molecule has 4 aromatic carbocycles. The first-order valence-electron chi connectivity index (χ1n) is 14.5. The summed E-state index contributed by atoms with van der Waals surface area (Å²) in [7, 11) is 0. The predicted octanol–water partition coefficient (Wildman–Crippen LogP) is 9.80. The van der Waals surface area contributed by atoms with Gasteiger partial charge in [-0.25, -0.2) is 0 Å². The maximum atomic E-state index is 2.42. The molecule has 0 amide bonds. The molecule has 0 nitrogen and oxygen atoms in total. The largest absolute Gasteiger partial charge is 0.0616 e. The fraction of sp³-hybridized carbons (Fsp3) is 0.211. The lowest BCUT2D eigenvalue weighted by atomic mass is 9.71. The summed E-state index contributed by atoms with van der Waals surface area (Å²) in [6.07, 6.45) is 19.7. The summed E-state index contributed by atoms with van der Waals surface area (Å²) in [5.41, 5.74) is 5.59. The third-order valence-corrected chi connectivity index (χ3v) is 9.26. The fourth-order valence-electron chi connectivity index (χ4n) is 7.44. The summed E-state index contributed by atoms with van der Waals surface area (Å²) >= 11 is 0. The highest BCUT2D eigenvalue weighted by atomic mass is 14.5. The van der Waals surface area contributed by atoms with Gasteiger partial charge in [0.15, 0.2) is 0 Å². The minimum Gasteiger partial charge on any atom is -0.0616 e. The maximum absolute atomic E-state index is 2.42. The van der Waals surface area contributed by atoms with Crippen molar-refractivity contribution in [3.63, 3.8) is 0 Å². The van der Waals surface area contributed by atoms with Crippen LogP contribution in [0.2, 0.25) is 0 Å². The third kappa shape index (κ3) is 3.70. The molecule has 0 atom stereocenters. The number of benzene rings is 4. The van der Waals surface area contributed by atoms with Crippen LogP contribution in [0.5, 0.6) is 0 Å². The molecule has 0 aliphatic heterocycles. The minimum absolute atomic E-state index is 1.20. The zero-order valence-electron chi connectivity index (χ0n) is 21.9. The van der Waals surface area contributed by atoms with E-state index in [1.807, 2.05) is 0 Å². The first-order valence-corrected chi connectivity index (χ1v) is 14.5. The van der Waals surface area contributed by atoms with Crippen molar-refractivity contribution in [2.45, 2.75) is 51.4 Å². The lowest BCUT2D eigenvalue weighted by Crippen LogP contribution is -2.17. The van der Waals surface area contributed by atoms with E-state index in [4.69, 9.17) is 0 Å². The summed E-state index contributed by atoms with van der Waals surface area (Å²) in [6, 6.07) is 27.5. The zero-order valence-corrected chi connectivity index (χ0v) is 21.9. The van der Waals surface area contributed by atoms with E-state index in [9.17, 15) is 0 Å². The van der Waals surface area contributed by atoms with E-state index in [2.05, 4.69) is 98.5 Å². The predicted molar refractivity (Wildman–Crippen MR) is 159 cm³/mol. The van der Waals surface area contributed by atoms with Crippen LogP contribution in [0.25, 0.3) is 32.7 Å². The van der Waals surface area contributed by atoms with Gasteiger partial charge in [0, 0.05) is 11.8 Å². The van der Waals surface area contributed by atoms with Gasteiger partial charge in [-0.3, -0.25) is 0 Å². The molecule has 0 spiro atoms. The number of rotatable bonds is 3. The van der Waals surface area contributed by atoms with Crippen LogP contribution >= 0.6 is 0 Å². The monoisotopic (exact) mass is 488 g/mol. The van der Waals surface area contributed by atoms with Gasteiger partial charge in [-0.15, -0.1) is 0 Å². The van der Waals surface area contributed by atoms with E-state index in [1.54, 1.807) is 23.7 Å². The molecule has 0 heteroatoms. The fourth-order valence-corrected chi connectivity index (χ4v) is 7.44. The Morgan fingerprint density at radius 1 is 0.395 bits per heavy atom. The molecule has 0 bridgehead atoms. The summed E-state index contributed by atoms with van der Waals surface area (Å²) in [6.45, 7) is 0. The van der Waals surface area contributed by atoms with Gasteiger partial charge in [0.05, 0.1) is 0 Å². The van der Waals surface area contributed by atoms with Gasteiger partial charge in [0.1, 0.15) is 0 Å². The zero-order chi connectivity index (χ0) is 25.1. The molecule has 4 aromatic rings. The molecule has 0 aromatic heterocycles. The molecule has 4 aliphatic rings. The number of hydrogen-bond acceptors (Lipinski definition) is 0. The molecule has 0 heterocycles. The summed E-state index contributed by atoms with van der Waals surface area (Å²) in [4.78, 5) is 0. The van der Waals surface area contributed by atoms with Gasteiger partial charge in [0.2, 0.25) is 0 Å². The van der Waals surface area contributed by atoms with Crippen molar-refractivity contribution in [1.29, 1.82) is 0 Å². The Hall–Kier alpha value is -2.60. The first kappa shape index (κ1) is 23.3. The minimum atomic E-state index is 1.20. The van der Waals surface area contributed by atoms with Crippen LogP contribution in [0.3, 0.4) is 0 Å². The van der Waals surface area contributed by atoms with Gasteiger partial charge >= 0.3 is 0 Å². The molecular formula is C38H32. The summed E-state index contributed by atoms with van der Waals surface area (Å²) in [5, 5.41) is 5.34. The van der Waals surface area contributed by atoms with Crippen LogP contribution in [-0.2, 0) is 0 Å². The van der Waals surface area contributed by atoms with E-state index < -0.39 is 0 Å². The third-order valence-electron chi connectivity index (χ3n) is 9.26. The average Bonchev–Trinajstić information content (AvgIpc) is 3.61. The molecule has 184 valence electrons. The molecule has 0 saturated heterocycles. The Balaban J connectivity index is 1.40. The highest BCUT2D eigenvalue weighted by Gasteiger charge is 2.43. The van der Waals surface area contributed by atoms with E-state index >= 15 is 0 Å². The van der Waals surface area contributed by atoms with E-state index in [-0.39, 0.29) is 0 Å². The second kappa shape index (κ2) is 9.55. The van der Waals surface area contributed by atoms with Crippen molar-refractivity contribution in [3.8, 4) is 11.1 Å². The molecule has 8 rings (SSSR count). The van der Waals surface area contributed by atoms with Crippen molar-refractivity contribution in [2.75, 3.05) is 0 Å².